The van der Waals surface area contributed by atoms with Crippen LogP contribution in [0.3, 0.4) is 0 Å². The van der Waals surface area contributed by atoms with Crippen molar-refractivity contribution < 1.29 is 19.1 Å². The van der Waals surface area contributed by atoms with Gasteiger partial charge in [-0.1, -0.05) is 11.6 Å². The molecular weight excluding hydrogens is 330 g/mol. The van der Waals surface area contributed by atoms with Gasteiger partial charge in [0, 0.05) is 18.1 Å². The highest BCUT2D eigenvalue weighted by Gasteiger charge is 2.38. The monoisotopic (exact) mass is 353 g/mol. The van der Waals surface area contributed by atoms with Crippen molar-refractivity contribution in [1.82, 2.24) is 4.90 Å². The number of benzene rings is 1. The van der Waals surface area contributed by atoms with Crippen LogP contribution in [0, 0.1) is 5.92 Å². The number of ether oxygens (including phenoxy) is 2. The van der Waals surface area contributed by atoms with Crippen molar-refractivity contribution in [2.45, 2.75) is 39.2 Å². The minimum absolute atomic E-state index is 0.133. The molecule has 0 aromatic heterocycles. The summed E-state index contributed by atoms with van der Waals surface area (Å²) in [7, 11) is 0. The summed E-state index contributed by atoms with van der Waals surface area (Å²) in [5.41, 5.74) is -1.02. The van der Waals surface area contributed by atoms with Crippen molar-refractivity contribution in [3.05, 3.63) is 29.3 Å². The second-order valence-corrected chi connectivity index (χ2v) is 6.85. The lowest BCUT2D eigenvalue weighted by atomic mass is 9.96. The molecule has 1 saturated heterocycles. The van der Waals surface area contributed by atoms with Gasteiger partial charge in [-0.3, -0.25) is 9.59 Å². The number of likely N-dealkylation sites (tertiary alicyclic amines) is 1. The fourth-order valence-electron chi connectivity index (χ4n) is 2.84. The first-order valence-electron chi connectivity index (χ1n) is 8.24. The van der Waals surface area contributed by atoms with E-state index in [4.69, 9.17) is 21.1 Å². The highest BCUT2D eigenvalue weighted by atomic mass is 35.5. The Morgan fingerprint density at radius 3 is 2.58 bits per heavy atom. The Morgan fingerprint density at radius 1 is 1.29 bits per heavy atom. The number of carbonyl (C=O) groups excluding carboxylic acids is 2. The molecule has 1 aromatic rings. The molecule has 0 radical (unpaired) electrons. The SMILES string of the molecule is CCOC(=O)[C@@H]1CCCN(C(=O)C(C)(C)Oc2ccc(Cl)cc2)C1. The number of halogens is 1. The third kappa shape index (κ3) is 4.63. The Balaban J connectivity index is 2.02. The van der Waals surface area contributed by atoms with Gasteiger partial charge < -0.3 is 14.4 Å². The smallest absolute Gasteiger partial charge is 0.310 e. The van der Waals surface area contributed by atoms with Crippen LogP contribution in [0.4, 0.5) is 0 Å². The maximum Gasteiger partial charge on any atom is 0.310 e. The van der Waals surface area contributed by atoms with E-state index in [9.17, 15) is 9.59 Å². The van der Waals surface area contributed by atoms with Crippen LogP contribution in [0.15, 0.2) is 24.3 Å². The van der Waals surface area contributed by atoms with Gasteiger partial charge >= 0.3 is 5.97 Å². The van der Waals surface area contributed by atoms with E-state index in [-0.39, 0.29) is 17.8 Å². The minimum Gasteiger partial charge on any atom is -0.478 e. The molecule has 0 bridgehead atoms. The summed E-state index contributed by atoms with van der Waals surface area (Å²) >= 11 is 5.86. The van der Waals surface area contributed by atoms with Crippen molar-refractivity contribution in [3.8, 4) is 5.75 Å². The van der Waals surface area contributed by atoms with Gasteiger partial charge in [0.15, 0.2) is 5.60 Å². The number of rotatable bonds is 5. The van der Waals surface area contributed by atoms with Gasteiger partial charge in [-0.05, 0) is 57.9 Å². The molecule has 132 valence electrons. The fraction of sp³-hybridized carbons (Fsp3) is 0.556. The Kier molecular flexibility index (Phi) is 6.10. The van der Waals surface area contributed by atoms with Gasteiger partial charge in [-0.2, -0.15) is 0 Å². The van der Waals surface area contributed by atoms with Gasteiger partial charge in [0.05, 0.1) is 12.5 Å². The number of esters is 1. The summed E-state index contributed by atoms with van der Waals surface area (Å²) in [5, 5.41) is 0.611. The summed E-state index contributed by atoms with van der Waals surface area (Å²) < 4.78 is 10.9. The van der Waals surface area contributed by atoms with E-state index >= 15 is 0 Å². The van der Waals surface area contributed by atoms with Crippen molar-refractivity contribution in [1.29, 1.82) is 0 Å². The lowest BCUT2D eigenvalue weighted by Gasteiger charge is -2.36. The average molecular weight is 354 g/mol. The lowest BCUT2D eigenvalue weighted by molar-refractivity contribution is -0.154. The molecular formula is C18H24ClNO4. The molecule has 1 amide bonds. The van der Waals surface area contributed by atoms with E-state index in [1.807, 2.05) is 0 Å². The number of amides is 1. The highest BCUT2D eigenvalue weighted by Crippen LogP contribution is 2.25. The third-order valence-electron chi connectivity index (χ3n) is 4.03. The second kappa shape index (κ2) is 7.88. The molecule has 5 nitrogen and oxygen atoms in total. The molecule has 0 spiro atoms. The molecule has 1 aromatic carbocycles. The molecule has 1 fully saturated rings. The Hall–Kier alpha value is -1.75. The Labute approximate surface area is 147 Å². The van der Waals surface area contributed by atoms with Gasteiger partial charge in [0.25, 0.3) is 5.91 Å². The Morgan fingerprint density at radius 2 is 1.96 bits per heavy atom. The summed E-state index contributed by atoms with van der Waals surface area (Å²) in [5.74, 6) is -0.0384. The first kappa shape index (κ1) is 18.6. The molecule has 1 aliphatic rings. The van der Waals surface area contributed by atoms with Crippen LogP contribution < -0.4 is 4.74 Å². The van der Waals surface area contributed by atoms with E-state index in [0.29, 0.717) is 30.5 Å². The van der Waals surface area contributed by atoms with E-state index in [0.717, 1.165) is 12.8 Å². The summed E-state index contributed by atoms with van der Waals surface area (Å²) in [6.07, 6.45) is 1.54. The first-order valence-corrected chi connectivity index (χ1v) is 8.62. The van der Waals surface area contributed by atoms with Gasteiger partial charge in [-0.25, -0.2) is 0 Å². The van der Waals surface area contributed by atoms with Crippen LogP contribution in [0.2, 0.25) is 5.02 Å². The molecule has 1 atom stereocenters. The largest absolute Gasteiger partial charge is 0.478 e. The number of carbonyl (C=O) groups is 2. The topological polar surface area (TPSA) is 55.8 Å². The van der Waals surface area contributed by atoms with E-state index in [2.05, 4.69) is 0 Å². The zero-order chi connectivity index (χ0) is 17.7. The highest BCUT2D eigenvalue weighted by molar-refractivity contribution is 6.30. The molecule has 1 heterocycles. The molecule has 0 N–H and O–H groups in total. The van der Waals surface area contributed by atoms with Gasteiger partial charge in [0.2, 0.25) is 0 Å². The van der Waals surface area contributed by atoms with Gasteiger partial charge in [0.1, 0.15) is 5.75 Å². The predicted molar refractivity (Wildman–Crippen MR) is 92.1 cm³/mol. The molecule has 0 aliphatic carbocycles. The maximum absolute atomic E-state index is 12.8. The molecule has 0 unspecified atom stereocenters. The average Bonchev–Trinajstić information content (AvgIpc) is 2.56. The van der Waals surface area contributed by atoms with Crippen LogP contribution in [0.25, 0.3) is 0 Å². The van der Waals surface area contributed by atoms with Crippen molar-refractivity contribution in [2.24, 2.45) is 5.92 Å². The van der Waals surface area contributed by atoms with Crippen LogP contribution in [0.1, 0.15) is 33.6 Å². The molecule has 6 heteroatoms. The standard InChI is InChI=1S/C18H24ClNO4/c1-4-23-16(21)13-6-5-11-20(12-13)17(22)18(2,3)24-15-9-7-14(19)8-10-15/h7-10,13H,4-6,11-12H2,1-3H3/t13-/m1/s1. The second-order valence-electron chi connectivity index (χ2n) is 6.41. The molecule has 2 rings (SSSR count). The van der Waals surface area contributed by atoms with E-state index < -0.39 is 5.60 Å². The van der Waals surface area contributed by atoms with Crippen molar-refractivity contribution in [3.63, 3.8) is 0 Å². The summed E-state index contributed by atoms with van der Waals surface area (Å²) in [6.45, 7) is 6.62. The van der Waals surface area contributed by atoms with Gasteiger partial charge in [-0.15, -0.1) is 0 Å². The maximum atomic E-state index is 12.8. The van der Waals surface area contributed by atoms with Crippen LogP contribution in [-0.4, -0.2) is 42.1 Å². The number of piperidine rings is 1. The van der Waals surface area contributed by atoms with E-state index in [1.165, 1.54) is 0 Å². The zero-order valence-electron chi connectivity index (χ0n) is 14.4. The normalized spacial score (nSPS) is 18.2. The lowest BCUT2D eigenvalue weighted by Crippen LogP contribution is -2.52. The van der Waals surface area contributed by atoms with Crippen LogP contribution in [-0.2, 0) is 14.3 Å². The molecule has 1 aliphatic heterocycles. The number of hydrogen-bond donors (Lipinski definition) is 0. The molecule has 24 heavy (non-hydrogen) atoms. The number of nitrogens with zero attached hydrogens (tertiary/aromatic N) is 1. The van der Waals surface area contributed by atoms with Crippen molar-refractivity contribution in [2.75, 3.05) is 19.7 Å². The van der Waals surface area contributed by atoms with Crippen molar-refractivity contribution >= 4 is 23.5 Å². The minimum atomic E-state index is -1.02. The van der Waals surface area contributed by atoms with E-state index in [1.54, 1.807) is 49.9 Å². The zero-order valence-corrected chi connectivity index (χ0v) is 15.1. The fourth-order valence-corrected chi connectivity index (χ4v) is 2.96. The predicted octanol–water partition coefficient (Wildman–Crippen LogP) is 3.30. The third-order valence-corrected chi connectivity index (χ3v) is 4.28. The summed E-state index contributed by atoms with van der Waals surface area (Å²) in [6, 6.07) is 6.90. The van der Waals surface area contributed by atoms with Crippen LogP contribution in [0.5, 0.6) is 5.75 Å². The number of hydrogen-bond acceptors (Lipinski definition) is 4. The Bertz CT molecular complexity index is 585. The quantitative estimate of drug-likeness (QED) is 0.762. The van der Waals surface area contributed by atoms with Crippen LogP contribution >= 0.6 is 11.6 Å². The first-order chi connectivity index (χ1) is 11.3. The molecule has 0 saturated carbocycles. The summed E-state index contributed by atoms with van der Waals surface area (Å²) in [4.78, 5) is 26.5.